The Bertz CT molecular complexity index is 817. The summed E-state index contributed by atoms with van der Waals surface area (Å²) in [6.45, 7) is 7.66. The lowest BCUT2D eigenvalue weighted by molar-refractivity contribution is -0.136. The van der Waals surface area contributed by atoms with Gasteiger partial charge in [0.2, 0.25) is 5.82 Å². The van der Waals surface area contributed by atoms with Crippen molar-refractivity contribution in [2.45, 2.75) is 38.8 Å². The molecule has 0 aliphatic carbocycles. The number of nitrogens with zero attached hydrogens (tertiary/aromatic N) is 2. The van der Waals surface area contributed by atoms with Crippen molar-refractivity contribution in [3.05, 3.63) is 46.5 Å². The van der Waals surface area contributed by atoms with Gasteiger partial charge < -0.3 is 15.2 Å². The highest BCUT2D eigenvalue weighted by Crippen LogP contribution is 2.19. The van der Waals surface area contributed by atoms with E-state index in [1.807, 2.05) is 0 Å². The fraction of sp³-hybridized carbons (Fsp3) is 0.389. The van der Waals surface area contributed by atoms with E-state index in [4.69, 9.17) is 9.84 Å². The summed E-state index contributed by atoms with van der Waals surface area (Å²) in [6.07, 6.45) is 1.37. The van der Waals surface area contributed by atoms with Gasteiger partial charge in [-0.05, 0) is 33.6 Å². The average molecular weight is 454 g/mol. The molecular weight excluding hydrogens is 430 g/mol. The Morgan fingerprint density at radius 2 is 2.00 bits per heavy atom. The summed E-state index contributed by atoms with van der Waals surface area (Å²) in [7, 11) is -1.19. The average Bonchev–Trinajstić information content (AvgIpc) is 2.93. The smallest absolute Gasteiger partial charge is 0.307 e. The lowest BCUT2D eigenvalue weighted by Crippen LogP contribution is -2.23. The molecule has 0 atom stereocenters. The Morgan fingerprint density at radius 3 is 2.67 bits per heavy atom. The van der Waals surface area contributed by atoms with Crippen LogP contribution in [0.2, 0.25) is 25.7 Å². The molecule has 1 aromatic heterocycles. The topological polar surface area (TPSA) is 93.5 Å². The van der Waals surface area contributed by atoms with E-state index in [2.05, 4.69) is 45.9 Å². The van der Waals surface area contributed by atoms with Crippen LogP contribution in [0.3, 0.4) is 0 Å². The molecule has 1 aromatic carbocycles. The van der Waals surface area contributed by atoms with Crippen molar-refractivity contribution >= 4 is 41.6 Å². The summed E-state index contributed by atoms with van der Waals surface area (Å²) in [6, 6.07) is 7.85. The largest absolute Gasteiger partial charge is 0.481 e. The molecule has 2 aromatic rings. The van der Waals surface area contributed by atoms with Gasteiger partial charge in [-0.15, -0.1) is 0 Å². The molecule has 1 heterocycles. The van der Waals surface area contributed by atoms with E-state index in [-0.39, 0.29) is 19.0 Å². The van der Waals surface area contributed by atoms with Crippen LogP contribution in [-0.4, -0.2) is 41.2 Å². The van der Waals surface area contributed by atoms with Gasteiger partial charge in [0.05, 0.1) is 12.6 Å². The van der Waals surface area contributed by atoms with E-state index >= 15 is 0 Å². The van der Waals surface area contributed by atoms with Crippen LogP contribution in [0.25, 0.3) is 0 Å². The third-order valence-corrected chi connectivity index (χ3v) is 6.17. The number of imidazole rings is 1. The van der Waals surface area contributed by atoms with Gasteiger partial charge in [-0.25, -0.2) is 4.98 Å². The summed E-state index contributed by atoms with van der Waals surface area (Å²) in [4.78, 5) is 27.8. The van der Waals surface area contributed by atoms with Gasteiger partial charge in [0.25, 0.3) is 5.91 Å². The first-order valence-corrected chi connectivity index (χ1v) is 13.1. The fourth-order valence-electron chi connectivity index (χ4n) is 2.33. The number of nitrogens with one attached hydrogen (secondary N) is 1. The van der Waals surface area contributed by atoms with Crippen LogP contribution in [0.5, 0.6) is 0 Å². The van der Waals surface area contributed by atoms with E-state index in [1.165, 1.54) is 0 Å². The zero-order valence-electron chi connectivity index (χ0n) is 15.7. The first-order valence-electron chi connectivity index (χ1n) is 8.57. The molecule has 2 rings (SSSR count). The van der Waals surface area contributed by atoms with Gasteiger partial charge in [0.15, 0.2) is 0 Å². The summed E-state index contributed by atoms with van der Waals surface area (Å²) in [5.74, 6) is -1.19. The Kier molecular flexibility index (Phi) is 7.34. The van der Waals surface area contributed by atoms with Crippen molar-refractivity contribution in [3.63, 3.8) is 0 Å². The van der Waals surface area contributed by atoms with E-state index < -0.39 is 20.0 Å². The molecule has 0 fully saturated rings. The minimum atomic E-state index is -1.19. The van der Waals surface area contributed by atoms with Gasteiger partial charge >= 0.3 is 5.97 Å². The number of carbonyl (C=O) groups excluding carboxylic acids is 1. The minimum Gasteiger partial charge on any atom is -0.481 e. The number of hydrogen-bond donors (Lipinski definition) is 2. The van der Waals surface area contributed by atoms with Gasteiger partial charge in [-0.3, -0.25) is 14.2 Å². The molecule has 0 saturated carbocycles. The molecule has 0 aliphatic rings. The molecule has 0 bridgehead atoms. The highest BCUT2D eigenvalue weighted by atomic mass is 79.9. The number of benzene rings is 1. The van der Waals surface area contributed by atoms with Crippen molar-refractivity contribution < 1.29 is 19.4 Å². The van der Waals surface area contributed by atoms with Crippen LogP contribution in [0, 0.1) is 0 Å². The molecule has 0 aliphatic heterocycles. The number of ether oxygens (including phenoxy) is 1. The molecule has 0 spiro atoms. The van der Waals surface area contributed by atoms with E-state index in [9.17, 15) is 9.59 Å². The van der Waals surface area contributed by atoms with Gasteiger partial charge in [-0.2, -0.15) is 0 Å². The van der Waals surface area contributed by atoms with E-state index in [1.54, 1.807) is 35.0 Å². The van der Waals surface area contributed by atoms with Crippen LogP contribution < -0.4 is 5.32 Å². The number of anilines is 1. The van der Waals surface area contributed by atoms with Crippen LogP contribution in [0.15, 0.2) is 35.1 Å². The lowest BCUT2D eigenvalue weighted by atomic mass is 10.1. The second-order valence-corrected chi connectivity index (χ2v) is 13.8. The van der Waals surface area contributed by atoms with Crippen molar-refractivity contribution in [2.75, 3.05) is 11.9 Å². The molecule has 7 nitrogen and oxygen atoms in total. The molecule has 1 amide bonds. The molecule has 0 radical (unpaired) electrons. The Morgan fingerprint density at radius 1 is 1.30 bits per heavy atom. The lowest BCUT2D eigenvalue weighted by Gasteiger charge is -2.16. The van der Waals surface area contributed by atoms with Crippen LogP contribution >= 0.6 is 15.9 Å². The second kappa shape index (κ2) is 9.29. The Balaban J connectivity index is 2.08. The second-order valence-electron chi connectivity index (χ2n) is 7.36. The molecule has 0 saturated heterocycles. The number of aliphatic carboxylic acids is 1. The number of para-hydroxylation sites is 1. The fourth-order valence-corrected chi connectivity index (χ4v) is 3.46. The van der Waals surface area contributed by atoms with Crippen LogP contribution in [0.4, 0.5) is 5.69 Å². The van der Waals surface area contributed by atoms with Crippen molar-refractivity contribution in [1.82, 2.24) is 9.55 Å². The SMILES string of the molecule is C[Si](C)(C)CCOCn1c(Br)cnc1C(=O)Nc1ccccc1CC(=O)O. The predicted octanol–water partition coefficient (Wildman–Crippen LogP) is 3.84. The minimum absolute atomic E-state index is 0.172. The first kappa shape index (κ1) is 21.3. The molecule has 27 heavy (non-hydrogen) atoms. The summed E-state index contributed by atoms with van der Waals surface area (Å²) in [5, 5.41) is 11.8. The number of aromatic nitrogens is 2. The predicted molar refractivity (Wildman–Crippen MR) is 110 cm³/mol. The number of carbonyl (C=O) groups is 2. The van der Waals surface area contributed by atoms with Gasteiger partial charge in [-0.1, -0.05) is 37.8 Å². The van der Waals surface area contributed by atoms with Crippen molar-refractivity contribution in [1.29, 1.82) is 0 Å². The Hall–Kier alpha value is -1.97. The number of carboxylic acids is 1. The summed E-state index contributed by atoms with van der Waals surface area (Å²) in [5.41, 5.74) is 0.983. The van der Waals surface area contributed by atoms with Crippen LogP contribution in [-0.2, 0) is 22.7 Å². The molecule has 0 unspecified atom stereocenters. The maximum Gasteiger partial charge on any atom is 0.307 e. The number of rotatable bonds is 9. The standard InChI is InChI=1S/C18H24BrN3O4Si/c1-27(2,3)9-8-26-12-22-15(19)11-20-17(22)18(25)21-14-7-5-4-6-13(14)10-16(23)24/h4-7,11H,8-10,12H2,1-3H3,(H,21,25)(H,23,24). The summed E-state index contributed by atoms with van der Waals surface area (Å²) >= 11 is 3.38. The van der Waals surface area contributed by atoms with Crippen molar-refractivity contribution in [2.24, 2.45) is 0 Å². The Labute approximate surface area is 167 Å². The van der Waals surface area contributed by atoms with Crippen molar-refractivity contribution in [3.8, 4) is 0 Å². The van der Waals surface area contributed by atoms with Gasteiger partial charge in [0, 0.05) is 20.4 Å². The number of amides is 1. The maximum atomic E-state index is 12.7. The molecule has 146 valence electrons. The zero-order chi connectivity index (χ0) is 20.0. The number of hydrogen-bond acceptors (Lipinski definition) is 4. The van der Waals surface area contributed by atoms with E-state index in [0.717, 1.165) is 6.04 Å². The van der Waals surface area contributed by atoms with Crippen LogP contribution in [0.1, 0.15) is 16.2 Å². The zero-order valence-corrected chi connectivity index (χ0v) is 18.2. The third kappa shape index (κ3) is 6.60. The normalized spacial score (nSPS) is 11.4. The quantitative estimate of drug-likeness (QED) is 0.444. The highest BCUT2D eigenvalue weighted by Gasteiger charge is 2.18. The molecular formula is C18H24BrN3O4Si. The number of halogens is 1. The molecule has 2 N–H and O–H groups in total. The third-order valence-electron chi connectivity index (χ3n) is 3.83. The maximum absolute atomic E-state index is 12.7. The van der Waals surface area contributed by atoms with Gasteiger partial charge in [0.1, 0.15) is 11.3 Å². The summed E-state index contributed by atoms with van der Waals surface area (Å²) < 4.78 is 8.00. The molecule has 9 heteroatoms. The van der Waals surface area contributed by atoms with E-state index in [0.29, 0.717) is 22.5 Å². The first-order chi connectivity index (χ1) is 12.7. The number of carboxylic acid groups (broad SMARTS) is 1. The highest BCUT2D eigenvalue weighted by molar-refractivity contribution is 9.10. The monoisotopic (exact) mass is 453 g/mol.